The van der Waals surface area contributed by atoms with Crippen LogP contribution in [0.15, 0.2) is 36.9 Å². The zero-order valence-corrected chi connectivity index (χ0v) is 9.27. The fourth-order valence-corrected chi connectivity index (χ4v) is 1.35. The number of anilines is 1. The Kier molecular flexibility index (Phi) is 4.33. The van der Waals surface area contributed by atoms with Crippen molar-refractivity contribution in [2.75, 3.05) is 12.8 Å². The summed E-state index contributed by atoms with van der Waals surface area (Å²) in [6.07, 6.45) is 5.61. The minimum Gasteiger partial charge on any atom is -0.466 e. The fraction of sp³-hybridized carbons (Fsp3) is 0.154. The highest BCUT2D eigenvalue weighted by molar-refractivity contribution is 5.87. The average molecular weight is 217 g/mol. The largest absolute Gasteiger partial charge is 0.466 e. The highest BCUT2D eigenvalue weighted by Crippen LogP contribution is 2.16. The minimum absolute atomic E-state index is 0.374. The Morgan fingerprint density at radius 2 is 2.31 bits per heavy atom. The first kappa shape index (κ1) is 12.0. The van der Waals surface area contributed by atoms with Gasteiger partial charge in [-0.3, -0.25) is 0 Å². The molecular weight excluding hydrogens is 202 g/mol. The third-order valence-electron chi connectivity index (χ3n) is 2.13. The van der Waals surface area contributed by atoms with E-state index in [1.54, 1.807) is 18.2 Å². The van der Waals surface area contributed by atoms with Crippen molar-refractivity contribution in [2.24, 2.45) is 0 Å². The Bertz CT molecular complexity index is 422. The van der Waals surface area contributed by atoms with Crippen molar-refractivity contribution in [2.45, 2.75) is 6.42 Å². The summed E-state index contributed by atoms with van der Waals surface area (Å²) < 4.78 is 4.52. The lowest BCUT2D eigenvalue weighted by molar-refractivity contribution is -0.134. The van der Waals surface area contributed by atoms with E-state index in [1.807, 2.05) is 12.1 Å². The number of hydrogen-bond acceptors (Lipinski definition) is 3. The Morgan fingerprint density at radius 1 is 1.56 bits per heavy atom. The summed E-state index contributed by atoms with van der Waals surface area (Å²) in [6, 6.07) is 5.54. The van der Waals surface area contributed by atoms with Gasteiger partial charge in [-0.15, -0.1) is 6.58 Å². The van der Waals surface area contributed by atoms with Crippen LogP contribution in [0.25, 0.3) is 6.08 Å². The van der Waals surface area contributed by atoms with Crippen molar-refractivity contribution in [3.05, 3.63) is 48.1 Å². The number of esters is 1. The summed E-state index contributed by atoms with van der Waals surface area (Å²) in [4.78, 5) is 11.0. The van der Waals surface area contributed by atoms with E-state index in [4.69, 9.17) is 5.73 Å². The maximum absolute atomic E-state index is 11.0. The number of methoxy groups -OCH3 is 1. The predicted molar refractivity (Wildman–Crippen MR) is 65.8 cm³/mol. The van der Waals surface area contributed by atoms with Crippen LogP contribution in [0.3, 0.4) is 0 Å². The van der Waals surface area contributed by atoms with Crippen molar-refractivity contribution in [1.82, 2.24) is 0 Å². The van der Waals surface area contributed by atoms with Crippen molar-refractivity contribution in [3.63, 3.8) is 0 Å². The summed E-state index contributed by atoms with van der Waals surface area (Å²) in [7, 11) is 1.35. The average Bonchev–Trinajstić information content (AvgIpc) is 2.28. The van der Waals surface area contributed by atoms with Crippen molar-refractivity contribution < 1.29 is 9.53 Å². The number of carbonyl (C=O) groups excluding carboxylic acids is 1. The first-order valence-electron chi connectivity index (χ1n) is 4.92. The lowest BCUT2D eigenvalue weighted by Gasteiger charge is -2.04. The lowest BCUT2D eigenvalue weighted by Crippen LogP contribution is -1.95. The molecule has 1 aromatic carbocycles. The second-order valence-electron chi connectivity index (χ2n) is 3.31. The number of ether oxygens (including phenoxy) is 1. The van der Waals surface area contributed by atoms with Crippen LogP contribution in [0.2, 0.25) is 0 Å². The first-order chi connectivity index (χ1) is 7.67. The molecule has 3 heteroatoms. The number of nitrogens with two attached hydrogens (primary N) is 1. The molecule has 0 radical (unpaired) electrons. The van der Waals surface area contributed by atoms with Crippen LogP contribution in [0.1, 0.15) is 11.1 Å². The zero-order chi connectivity index (χ0) is 12.0. The van der Waals surface area contributed by atoms with Gasteiger partial charge >= 0.3 is 5.97 Å². The summed E-state index contributed by atoms with van der Waals surface area (Å²) in [6.45, 7) is 3.68. The van der Waals surface area contributed by atoms with Crippen molar-refractivity contribution >= 4 is 17.7 Å². The number of nitrogen functional groups attached to an aromatic ring is 1. The Morgan fingerprint density at radius 3 is 2.94 bits per heavy atom. The predicted octanol–water partition coefficient (Wildman–Crippen LogP) is 2.18. The van der Waals surface area contributed by atoms with Gasteiger partial charge in [0.1, 0.15) is 0 Å². The topological polar surface area (TPSA) is 52.3 Å². The van der Waals surface area contributed by atoms with Gasteiger partial charge in [-0.1, -0.05) is 12.1 Å². The number of rotatable bonds is 4. The molecule has 0 fully saturated rings. The van der Waals surface area contributed by atoms with E-state index in [1.165, 1.54) is 13.2 Å². The van der Waals surface area contributed by atoms with Crippen LogP contribution in [0.5, 0.6) is 0 Å². The molecule has 16 heavy (non-hydrogen) atoms. The third-order valence-corrected chi connectivity index (χ3v) is 2.13. The monoisotopic (exact) mass is 217 g/mol. The van der Waals surface area contributed by atoms with Crippen LogP contribution in [-0.2, 0) is 16.0 Å². The third kappa shape index (κ3) is 3.28. The molecule has 84 valence electrons. The molecule has 0 heterocycles. The van der Waals surface area contributed by atoms with E-state index in [0.29, 0.717) is 12.1 Å². The van der Waals surface area contributed by atoms with Gasteiger partial charge in [0.2, 0.25) is 0 Å². The summed E-state index contributed by atoms with van der Waals surface area (Å²) in [5, 5.41) is 0. The standard InChI is InChI=1S/C13H15NO2/c1-3-4-11-9-12(14)7-5-10(11)6-8-13(15)16-2/h3,5-9H,1,4,14H2,2H3. The molecule has 0 unspecified atom stereocenters. The summed E-state index contributed by atoms with van der Waals surface area (Å²) >= 11 is 0. The Labute approximate surface area is 95.2 Å². The molecule has 0 aliphatic carbocycles. The van der Waals surface area contributed by atoms with Crippen molar-refractivity contribution in [3.8, 4) is 0 Å². The van der Waals surface area contributed by atoms with Gasteiger partial charge < -0.3 is 10.5 Å². The second kappa shape index (κ2) is 5.75. The first-order valence-corrected chi connectivity index (χ1v) is 4.92. The summed E-state index contributed by atoms with van der Waals surface area (Å²) in [5.41, 5.74) is 8.37. The van der Waals surface area contributed by atoms with Crippen LogP contribution in [0.4, 0.5) is 5.69 Å². The molecule has 0 spiro atoms. The summed E-state index contributed by atoms with van der Waals surface area (Å²) in [5.74, 6) is -0.374. The highest BCUT2D eigenvalue weighted by Gasteiger charge is 1.99. The molecule has 0 bridgehead atoms. The molecule has 0 saturated carbocycles. The minimum atomic E-state index is -0.374. The van der Waals surface area contributed by atoms with E-state index in [2.05, 4.69) is 11.3 Å². The normalized spacial score (nSPS) is 10.3. The van der Waals surface area contributed by atoms with E-state index >= 15 is 0 Å². The van der Waals surface area contributed by atoms with Crippen LogP contribution < -0.4 is 5.73 Å². The molecule has 0 saturated heterocycles. The maximum atomic E-state index is 11.0. The smallest absolute Gasteiger partial charge is 0.330 e. The molecular formula is C13H15NO2. The van der Waals surface area contributed by atoms with Gasteiger partial charge in [0, 0.05) is 11.8 Å². The molecule has 0 aliphatic heterocycles. The zero-order valence-electron chi connectivity index (χ0n) is 9.27. The van der Waals surface area contributed by atoms with E-state index in [9.17, 15) is 4.79 Å². The quantitative estimate of drug-likeness (QED) is 0.364. The molecule has 0 amide bonds. The number of hydrogen-bond donors (Lipinski definition) is 1. The molecule has 0 aliphatic rings. The molecule has 2 N–H and O–H groups in total. The number of allylic oxidation sites excluding steroid dienone is 1. The van der Waals surface area contributed by atoms with Gasteiger partial charge in [-0.05, 0) is 35.8 Å². The van der Waals surface area contributed by atoms with Gasteiger partial charge in [-0.2, -0.15) is 0 Å². The SMILES string of the molecule is C=CCc1cc(N)ccc1C=CC(=O)OC. The Hall–Kier alpha value is -2.03. The van der Waals surface area contributed by atoms with E-state index < -0.39 is 0 Å². The molecule has 1 aromatic rings. The van der Waals surface area contributed by atoms with Gasteiger partial charge in [-0.25, -0.2) is 4.79 Å². The van der Waals surface area contributed by atoms with Crippen LogP contribution in [0, 0.1) is 0 Å². The second-order valence-corrected chi connectivity index (χ2v) is 3.31. The van der Waals surface area contributed by atoms with Crippen LogP contribution in [-0.4, -0.2) is 13.1 Å². The van der Waals surface area contributed by atoms with E-state index in [0.717, 1.165) is 11.1 Å². The van der Waals surface area contributed by atoms with Crippen LogP contribution >= 0.6 is 0 Å². The molecule has 1 rings (SSSR count). The maximum Gasteiger partial charge on any atom is 0.330 e. The Balaban J connectivity index is 2.98. The number of carbonyl (C=O) groups is 1. The highest BCUT2D eigenvalue weighted by atomic mass is 16.5. The molecule has 3 nitrogen and oxygen atoms in total. The van der Waals surface area contributed by atoms with E-state index in [-0.39, 0.29) is 5.97 Å². The van der Waals surface area contributed by atoms with Crippen molar-refractivity contribution in [1.29, 1.82) is 0 Å². The molecule has 0 aromatic heterocycles. The van der Waals surface area contributed by atoms with Gasteiger partial charge in [0.05, 0.1) is 7.11 Å². The lowest BCUT2D eigenvalue weighted by atomic mass is 10.0. The number of benzene rings is 1. The van der Waals surface area contributed by atoms with Gasteiger partial charge in [0.15, 0.2) is 0 Å². The molecule has 0 atom stereocenters. The fourth-order valence-electron chi connectivity index (χ4n) is 1.35. The van der Waals surface area contributed by atoms with Gasteiger partial charge in [0.25, 0.3) is 0 Å².